The minimum Gasteiger partial charge on any atom is -0.338 e. The van der Waals surface area contributed by atoms with Gasteiger partial charge in [0.05, 0.1) is 5.69 Å². The molecule has 0 spiro atoms. The lowest BCUT2D eigenvalue weighted by Gasteiger charge is -2.23. The van der Waals surface area contributed by atoms with Crippen molar-refractivity contribution < 1.29 is 9.18 Å². The zero-order valence-corrected chi connectivity index (χ0v) is 13.3. The van der Waals surface area contributed by atoms with Crippen molar-refractivity contribution in [3.05, 3.63) is 47.0 Å². The molecule has 1 atom stereocenters. The van der Waals surface area contributed by atoms with Gasteiger partial charge >= 0.3 is 0 Å². The number of benzene rings is 1. The number of aromatic nitrogens is 2. The van der Waals surface area contributed by atoms with E-state index in [1.54, 1.807) is 19.2 Å². The maximum atomic E-state index is 14.4. The number of rotatable bonds is 4. The van der Waals surface area contributed by atoms with Crippen LogP contribution in [0, 0.1) is 19.7 Å². The van der Waals surface area contributed by atoms with Gasteiger partial charge in [0.25, 0.3) is 5.91 Å². The van der Waals surface area contributed by atoms with E-state index in [0.717, 1.165) is 11.4 Å². The zero-order valence-electron chi connectivity index (χ0n) is 13.3. The normalized spacial score (nSPS) is 12.3. The number of amides is 1. The van der Waals surface area contributed by atoms with Crippen LogP contribution in [0.25, 0.3) is 5.69 Å². The molecule has 0 aliphatic heterocycles. The van der Waals surface area contributed by atoms with Crippen LogP contribution < -0.4 is 5.73 Å². The molecule has 118 valence electrons. The maximum absolute atomic E-state index is 14.4. The van der Waals surface area contributed by atoms with Crippen LogP contribution in [0.15, 0.2) is 24.3 Å². The van der Waals surface area contributed by atoms with E-state index in [0.29, 0.717) is 17.8 Å². The molecule has 0 aliphatic rings. The van der Waals surface area contributed by atoms with Crippen molar-refractivity contribution in [2.24, 2.45) is 5.73 Å². The number of carbonyl (C=O) groups is 1. The van der Waals surface area contributed by atoms with Gasteiger partial charge in [-0.2, -0.15) is 5.10 Å². The molecule has 1 aromatic heterocycles. The molecule has 2 N–H and O–H groups in total. The van der Waals surface area contributed by atoms with E-state index >= 15 is 0 Å². The van der Waals surface area contributed by atoms with Crippen LogP contribution in [-0.2, 0) is 0 Å². The van der Waals surface area contributed by atoms with Crippen molar-refractivity contribution >= 4 is 5.91 Å². The number of hydrogen-bond acceptors (Lipinski definition) is 3. The summed E-state index contributed by atoms with van der Waals surface area (Å²) in [7, 11) is 1.66. The van der Waals surface area contributed by atoms with Gasteiger partial charge in [0.15, 0.2) is 0 Å². The molecule has 0 saturated carbocycles. The Morgan fingerprint density at radius 1 is 1.41 bits per heavy atom. The Morgan fingerprint density at radius 2 is 2.09 bits per heavy atom. The maximum Gasteiger partial charge on any atom is 0.253 e. The molecule has 1 amide bonds. The third-order valence-electron chi connectivity index (χ3n) is 3.76. The Bertz CT molecular complexity index is 695. The van der Waals surface area contributed by atoms with Crippen molar-refractivity contribution in [1.29, 1.82) is 0 Å². The highest BCUT2D eigenvalue weighted by molar-refractivity contribution is 5.94. The summed E-state index contributed by atoms with van der Waals surface area (Å²) in [4.78, 5) is 13.8. The average Bonchev–Trinajstić information content (AvgIpc) is 2.83. The molecular weight excluding hydrogens is 283 g/mol. The third kappa shape index (κ3) is 3.01. The molecule has 22 heavy (non-hydrogen) atoms. The molecule has 0 aliphatic carbocycles. The van der Waals surface area contributed by atoms with Crippen molar-refractivity contribution in [1.82, 2.24) is 14.7 Å². The number of hydrogen-bond donors (Lipinski definition) is 1. The smallest absolute Gasteiger partial charge is 0.253 e. The summed E-state index contributed by atoms with van der Waals surface area (Å²) in [6.45, 7) is 5.91. The van der Waals surface area contributed by atoms with Gasteiger partial charge in [0.2, 0.25) is 0 Å². The fourth-order valence-corrected chi connectivity index (χ4v) is 2.25. The summed E-state index contributed by atoms with van der Waals surface area (Å²) in [6, 6.07) is 6.19. The fourth-order valence-electron chi connectivity index (χ4n) is 2.25. The van der Waals surface area contributed by atoms with Crippen molar-refractivity contribution in [2.75, 3.05) is 13.6 Å². The van der Waals surface area contributed by atoms with Crippen LogP contribution in [0.4, 0.5) is 4.39 Å². The quantitative estimate of drug-likeness (QED) is 0.940. The van der Waals surface area contributed by atoms with Gasteiger partial charge in [-0.1, -0.05) is 0 Å². The monoisotopic (exact) mass is 304 g/mol. The third-order valence-corrected chi connectivity index (χ3v) is 3.76. The lowest BCUT2D eigenvalue weighted by atomic mass is 10.1. The van der Waals surface area contributed by atoms with Crippen LogP contribution in [0.2, 0.25) is 0 Å². The van der Waals surface area contributed by atoms with E-state index < -0.39 is 5.82 Å². The molecule has 1 unspecified atom stereocenters. The van der Waals surface area contributed by atoms with E-state index in [9.17, 15) is 9.18 Å². The van der Waals surface area contributed by atoms with E-state index in [1.165, 1.54) is 15.6 Å². The Balaban J connectivity index is 2.34. The van der Waals surface area contributed by atoms with Gasteiger partial charge in [-0.25, -0.2) is 9.07 Å². The molecular formula is C16H21FN4O. The number of nitrogens with two attached hydrogens (primary N) is 1. The first-order valence-electron chi connectivity index (χ1n) is 7.15. The standard InChI is InChI=1S/C16H21FN4O/c1-10-7-11(2)21(19-10)15-6-5-13(8-14(15)17)16(22)20(4)12(3)9-18/h5-8,12H,9,18H2,1-4H3. The Morgan fingerprint density at radius 3 is 2.59 bits per heavy atom. The lowest BCUT2D eigenvalue weighted by Crippen LogP contribution is -2.39. The fraction of sp³-hybridized carbons (Fsp3) is 0.375. The molecule has 1 aromatic carbocycles. The molecule has 5 nitrogen and oxygen atoms in total. The van der Waals surface area contributed by atoms with Crippen LogP contribution >= 0.6 is 0 Å². The summed E-state index contributed by atoms with van der Waals surface area (Å²) in [5, 5.41) is 4.26. The van der Waals surface area contributed by atoms with Crippen LogP contribution in [0.1, 0.15) is 28.7 Å². The molecule has 0 radical (unpaired) electrons. The molecule has 0 saturated heterocycles. The summed E-state index contributed by atoms with van der Waals surface area (Å²) in [5.74, 6) is -0.734. The Hall–Kier alpha value is -2.21. The largest absolute Gasteiger partial charge is 0.338 e. The minimum atomic E-state index is -0.481. The highest BCUT2D eigenvalue weighted by Gasteiger charge is 2.18. The van der Waals surface area contributed by atoms with Crippen molar-refractivity contribution in [3.8, 4) is 5.69 Å². The lowest BCUT2D eigenvalue weighted by molar-refractivity contribution is 0.0748. The van der Waals surface area contributed by atoms with Gasteiger partial charge in [-0.05, 0) is 45.0 Å². The summed E-state index contributed by atoms with van der Waals surface area (Å²) >= 11 is 0. The van der Waals surface area contributed by atoms with E-state index in [1.807, 2.05) is 26.8 Å². The zero-order chi connectivity index (χ0) is 16.4. The van der Waals surface area contributed by atoms with Gasteiger partial charge < -0.3 is 10.6 Å². The number of carbonyl (C=O) groups excluding carboxylic acids is 1. The van der Waals surface area contributed by atoms with Crippen molar-refractivity contribution in [3.63, 3.8) is 0 Å². The van der Waals surface area contributed by atoms with E-state index in [-0.39, 0.29) is 11.9 Å². The first kappa shape index (κ1) is 16.2. The second kappa shape index (κ2) is 6.27. The number of halogens is 1. The number of likely N-dealkylation sites (N-methyl/N-ethyl adjacent to an activating group) is 1. The first-order chi connectivity index (χ1) is 10.3. The molecule has 2 rings (SSSR count). The average molecular weight is 304 g/mol. The predicted molar refractivity (Wildman–Crippen MR) is 83.6 cm³/mol. The summed E-state index contributed by atoms with van der Waals surface area (Å²) in [6.07, 6.45) is 0. The predicted octanol–water partition coefficient (Wildman–Crippen LogP) is 2.05. The Kier molecular flexibility index (Phi) is 4.61. The van der Waals surface area contributed by atoms with Crippen LogP contribution in [0.5, 0.6) is 0 Å². The second-order valence-corrected chi connectivity index (χ2v) is 5.51. The highest BCUT2D eigenvalue weighted by atomic mass is 19.1. The van der Waals surface area contributed by atoms with E-state index in [4.69, 9.17) is 5.73 Å². The molecule has 0 bridgehead atoms. The minimum absolute atomic E-state index is 0.105. The molecule has 1 heterocycles. The number of aryl methyl sites for hydroxylation is 2. The Labute approximate surface area is 129 Å². The van der Waals surface area contributed by atoms with Gasteiger partial charge in [-0.15, -0.1) is 0 Å². The molecule has 6 heteroatoms. The van der Waals surface area contributed by atoms with E-state index in [2.05, 4.69) is 5.10 Å². The van der Waals surface area contributed by atoms with Crippen molar-refractivity contribution in [2.45, 2.75) is 26.8 Å². The summed E-state index contributed by atoms with van der Waals surface area (Å²) in [5.41, 5.74) is 7.84. The SMILES string of the molecule is Cc1cc(C)n(-c2ccc(C(=O)N(C)C(C)CN)cc2F)n1. The molecule has 0 fully saturated rings. The van der Waals surface area contributed by atoms with Gasteiger partial charge in [0, 0.05) is 30.9 Å². The summed E-state index contributed by atoms with van der Waals surface area (Å²) < 4.78 is 15.9. The van der Waals surface area contributed by atoms with Crippen LogP contribution in [-0.4, -0.2) is 40.2 Å². The van der Waals surface area contributed by atoms with Gasteiger partial charge in [0.1, 0.15) is 11.5 Å². The highest BCUT2D eigenvalue weighted by Crippen LogP contribution is 2.18. The molecule has 2 aromatic rings. The topological polar surface area (TPSA) is 64.2 Å². The van der Waals surface area contributed by atoms with Gasteiger partial charge in [-0.3, -0.25) is 4.79 Å². The second-order valence-electron chi connectivity index (χ2n) is 5.51. The first-order valence-corrected chi connectivity index (χ1v) is 7.15. The number of nitrogens with zero attached hydrogens (tertiary/aromatic N) is 3. The van der Waals surface area contributed by atoms with Crippen LogP contribution in [0.3, 0.4) is 0 Å².